The zero-order chi connectivity index (χ0) is 26.9. The van der Waals surface area contributed by atoms with Gasteiger partial charge in [-0.05, 0) is 99.8 Å². The van der Waals surface area contributed by atoms with Gasteiger partial charge in [-0.3, -0.25) is 4.98 Å². The number of allylic oxidation sites excluding steroid dienone is 1. The number of aryl methyl sites for hydroxylation is 2. The number of halogens is 1. The minimum Gasteiger partial charge on any atom is -0.444 e. The maximum Gasteiger partial charge on any atom is 0.410 e. The van der Waals surface area contributed by atoms with E-state index in [-0.39, 0.29) is 12.0 Å². The molecule has 38 heavy (non-hydrogen) atoms. The minimum absolute atomic E-state index is 0.142. The first-order valence-corrected chi connectivity index (χ1v) is 14.0. The van der Waals surface area contributed by atoms with E-state index in [1.807, 2.05) is 56.5 Å². The van der Waals surface area contributed by atoms with Crippen LogP contribution in [0, 0.1) is 12.8 Å². The van der Waals surface area contributed by atoms with E-state index in [9.17, 15) is 4.79 Å². The summed E-state index contributed by atoms with van der Waals surface area (Å²) < 4.78 is 7.84. The summed E-state index contributed by atoms with van der Waals surface area (Å²) in [5.74, 6) is 0.507. The SMILES string of the molecule is Cc1cncn1CCCC1=Cc2cc(Cl)ccc2C(C2CCN(C(=O)OC(C)(C)C)CC2)c2ncccc21. The highest BCUT2D eigenvalue weighted by Gasteiger charge is 2.36. The smallest absolute Gasteiger partial charge is 0.410 e. The van der Waals surface area contributed by atoms with Crippen LogP contribution in [0.2, 0.25) is 5.02 Å². The number of ether oxygens (including phenoxy) is 1. The summed E-state index contributed by atoms with van der Waals surface area (Å²) in [5, 5.41) is 0.741. The van der Waals surface area contributed by atoms with Gasteiger partial charge in [-0.1, -0.05) is 29.8 Å². The third kappa shape index (κ3) is 5.80. The van der Waals surface area contributed by atoms with Crippen LogP contribution in [0.1, 0.15) is 80.5 Å². The summed E-state index contributed by atoms with van der Waals surface area (Å²) >= 11 is 6.51. The van der Waals surface area contributed by atoms with Gasteiger partial charge < -0.3 is 14.2 Å². The number of carbonyl (C=O) groups excluding carboxylic acids is 1. The molecular formula is C31H37ClN4O2. The number of imidazole rings is 1. The number of fused-ring (bicyclic) bond motifs is 2. The average Bonchev–Trinajstić information content (AvgIpc) is 3.23. The fraction of sp³-hybridized carbons (Fsp3) is 0.452. The van der Waals surface area contributed by atoms with Crippen molar-refractivity contribution in [3.63, 3.8) is 0 Å². The van der Waals surface area contributed by atoms with Gasteiger partial charge >= 0.3 is 6.09 Å². The van der Waals surface area contributed by atoms with Crippen molar-refractivity contribution in [3.8, 4) is 0 Å². The summed E-state index contributed by atoms with van der Waals surface area (Å²) in [6.45, 7) is 10.1. The second-order valence-corrected chi connectivity index (χ2v) is 11.9. The fourth-order valence-electron chi connectivity index (χ4n) is 5.79. The van der Waals surface area contributed by atoms with Gasteiger partial charge in [-0.15, -0.1) is 0 Å². The maximum atomic E-state index is 12.7. The first kappa shape index (κ1) is 26.5. The van der Waals surface area contributed by atoms with E-state index in [1.54, 1.807) is 0 Å². The Labute approximate surface area is 230 Å². The Kier molecular flexibility index (Phi) is 7.62. The first-order valence-electron chi connectivity index (χ1n) is 13.6. The van der Waals surface area contributed by atoms with Gasteiger partial charge in [-0.2, -0.15) is 0 Å². The van der Waals surface area contributed by atoms with Gasteiger partial charge in [0.25, 0.3) is 0 Å². The van der Waals surface area contributed by atoms with Crippen molar-refractivity contribution < 1.29 is 9.53 Å². The Morgan fingerprint density at radius 2 is 1.97 bits per heavy atom. The van der Waals surface area contributed by atoms with E-state index in [1.165, 1.54) is 28.0 Å². The van der Waals surface area contributed by atoms with E-state index >= 15 is 0 Å². The Balaban J connectivity index is 1.42. The molecular weight excluding hydrogens is 496 g/mol. The quantitative estimate of drug-likeness (QED) is 0.344. The molecule has 5 rings (SSSR count). The van der Waals surface area contributed by atoms with Crippen LogP contribution < -0.4 is 0 Å². The molecule has 0 saturated carbocycles. The summed E-state index contributed by atoms with van der Waals surface area (Å²) in [6, 6.07) is 10.5. The third-order valence-corrected chi connectivity index (χ3v) is 7.86. The first-order chi connectivity index (χ1) is 18.2. The van der Waals surface area contributed by atoms with Crippen LogP contribution in [-0.2, 0) is 11.3 Å². The Morgan fingerprint density at radius 1 is 1.18 bits per heavy atom. The largest absolute Gasteiger partial charge is 0.444 e. The van der Waals surface area contributed by atoms with Crippen LogP contribution in [0.3, 0.4) is 0 Å². The highest BCUT2D eigenvalue weighted by atomic mass is 35.5. The predicted molar refractivity (Wildman–Crippen MR) is 152 cm³/mol. The predicted octanol–water partition coefficient (Wildman–Crippen LogP) is 7.35. The minimum atomic E-state index is -0.491. The lowest BCUT2D eigenvalue weighted by Crippen LogP contribution is -2.42. The zero-order valence-electron chi connectivity index (χ0n) is 22.8. The molecule has 1 amide bonds. The zero-order valence-corrected chi connectivity index (χ0v) is 23.5. The van der Waals surface area contributed by atoms with Crippen LogP contribution in [-0.4, -0.2) is 44.2 Å². The van der Waals surface area contributed by atoms with Crippen LogP contribution in [0.15, 0.2) is 49.1 Å². The lowest BCUT2D eigenvalue weighted by molar-refractivity contribution is 0.0178. The van der Waals surface area contributed by atoms with E-state index in [0.717, 1.165) is 42.9 Å². The van der Waals surface area contributed by atoms with Crippen molar-refractivity contribution in [2.75, 3.05) is 13.1 Å². The molecule has 0 spiro atoms. The van der Waals surface area contributed by atoms with Gasteiger partial charge in [0.2, 0.25) is 0 Å². The highest BCUT2D eigenvalue weighted by Crippen LogP contribution is 2.45. The van der Waals surface area contributed by atoms with Gasteiger partial charge in [0, 0.05) is 48.7 Å². The van der Waals surface area contributed by atoms with E-state index in [2.05, 4.69) is 40.7 Å². The summed E-state index contributed by atoms with van der Waals surface area (Å²) in [5.41, 5.74) is 6.78. The van der Waals surface area contributed by atoms with Crippen molar-refractivity contribution in [2.45, 2.75) is 71.4 Å². The molecule has 0 radical (unpaired) electrons. The Morgan fingerprint density at radius 3 is 2.68 bits per heavy atom. The van der Waals surface area contributed by atoms with Gasteiger partial charge in [-0.25, -0.2) is 9.78 Å². The molecule has 3 aromatic rings. The number of pyridine rings is 1. The van der Waals surface area contributed by atoms with Crippen molar-refractivity contribution in [3.05, 3.63) is 82.2 Å². The van der Waals surface area contributed by atoms with Crippen molar-refractivity contribution in [1.82, 2.24) is 19.4 Å². The molecule has 6 nitrogen and oxygen atoms in total. The average molecular weight is 533 g/mol. The molecule has 1 aromatic carbocycles. The number of hydrogen-bond acceptors (Lipinski definition) is 4. The molecule has 1 saturated heterocycles. The molecule has 3 heterocycles. The van der Waals surface area contributed by atoms with Crippen LogP contribution in [0.4, 0.5) is 4.79 Å². The second-order valence-electron chi connectivity index (χ2n) is 11.5. The lowest BCUT2D eigenvalue weighted by Gasteiger charge is -2.37. The molecule has 1 atom stereocenters. The number of hydrogen-bond donors (Lipinski definition) is 0. The van der Waals surface area contributed by atoms with Crippen LogP contribution in [0.5, 0.6) is 0 Å². The summed E-state index contributed by atoms with van der Waals surface area (Å²) in [6.07, 6.45) is 11.6. The van der Waals surface area contributed by atoms with E-state index < -0.39 is 5.60 Å². The Bertz CT molecular complexity index is 1330. The number of likely N-dealkylation sites (tertiary alicyclic amines) is 1. The van der Waals surface area contributed by atoms with Crippen LogP contribution >= 0.6 is 11.6 Å². The van der Waals surface area contributed by atoms with Crippen LogP contribution in [0.25, 0.3) is 11.6 Å². The number of piperidine rings is 1. The lowest BCUT2D eigenvalue weighted by atomic mass is 9.76. The standard InChI is InChI=1S/C31H37ClN4O2/c1-21-19-33-20-36(21)14-6-7-23-17-24-18-25(32)9-10-26(24)28(29-27(23)8-5-13-34-29)22-11-15-35(16-12-22)30(37)38-31(2,3)4/h5,8-10,13,17-20,22,28H,6-7,11-12,14-16H2,1-4H3. The summed E-state index contributed by atoms with van der Waals surface area (Å²) in [7, 11) is 0. The van der Waals surface area contributed by atoms with Gasteiger partial charge in [0.15, 0.2) is 0 Å². The summed E-state index contributed by atoms with van der Waals surface area (Å²) in [4.78, 5) is 23.8. The molecule has 7 heteroatoms. The van der Waals surface area contributed by atoms with E-state index in [0.29, 0.717) is 19.0 Å². The highest BCUT2D eigenvalue weighted by molar-refractivity contribution is 6.30. The molecule has 1 aliphatic carbocycles. The van der Waals surface area contributed by atoms with Crippen molar-refractivity contribution >= 4 is 29.3 Å². The van der Waals surface area contributed by atoms with Gasteiger partial charge in [0.1, 0.15) is 5.60 Å². The molecule has 2 aliphatic rings. The number of carbonyl (C=O) groups is 1. The maximum absolute atomic E-state index is 12.7. The Hall–Kier alpha value is -3.12. The number of benzene rings is 1. The molecule has 0 N–H and O–H groups in total. The molecule has 1 aliphatic heterocycles. The van der Waals surface area contributed by atoms with E-state index in [4.69, 9.17) is 21.3 Å². The third-order valence-electron chi connectivity index (χ3n) is 7.62. The molecule has 1 fully saturated rings. The number of amides is 1. The molecule has 200 valence electrons. The number of nitrogens with zero attached hydrogens (tertiary/aromatic N) is 4. The molecule has 1 unspecified atom stereocenters. The number of rotatable bonds is 5. The number of aromatic nitrogens is 3. The second kappa shape index (κ2) is 10.9. The topological polar surface area (TPSA) is 60.2 Å². The normalized spacial score (nSPS) is 17.9. The van der Waals surface area contributed by atoms with Crippen molar-refractivity contribution in [2.24, 2.45) is 5.92 Å². The van der Waals surface area contributed by atoms with Gasteiger partial charge in [0.05, 0.1) is 12.0 Å². The molecule has 0 bridgehead atoms. The monoisotopic (exact) mass is 532 g/mol. The van der Waals surface area contributed by atoms with Crippen molar-refractivity contribution in [1.29, 1.82) is 0 Å². The molecule has 2 aromatic heterocycles. The fourth-order valence-corrected chi connectivity index (χ4v) is 5.97.